The second kappa shape index (κ2) is 7.91. The number of hydrogen-bond donors (Lipinski definition) is 1. The third-order valence-corrected chi connectivity index (χ3v) is 5.94. The van der Waals surface area contributed by atoms with Crippen molar-refractivity contribution in [2.45, 2.75) is 45.4 Å². The van der Waals surface area contributed by atoms with Crippen LogP contribution in [0.5, 0.6) is 11.5 Å². The fraction of sp³-hybridized carbons (Fsp3) is 0.450. The lowest BCUT2D eigenvalue weighted by atomic mass is 10.00. The van der Waals surface area contributed by atoms with Gasteiger partial charge in [-0.2, -0.15) is 0 Å². The number of anilines is 1. The van der Waals surface area contributed by atoms with E-state index in [-0.39, 0.29) is 5.91 Å². The van der Waals surface area contributed by atoms with Crippen LogP contribution in [-0.4, -0.2) is 20.1 Å². The monoisotopic (exact) mass is 359 g/mol. The van der Waals surface area contributed by atoms with Crippen molar-refractivity contribution in [3.05, 3.63) is 39.1 Å². The highest BCUT2D eigenvalue weighted by Crippen LogP contribution is 2.34. The van der Waals surface area contributed by atoms with Crippen molar-refractivity contribution in [3.63, 3.8) is 0 Å². The van der Waals surface area contributed by atoms with E-state index in [1.807, 2.05) is 19.1 Å². The molecule has 1 N–H and O–H groups in total. The zero-order valence-corrected chi connectivity index (χ0v) is 15.9. The van der Waals surface area contributed by atoms with Gasteiger partial charge in [-0.05, 0) is 55.9 Å². The molecule has 0 bridgehead atoms. The number of aryl methyl sites for hydroxylation is 3. The Kier molecular flexibility index (Phi) is 5.63. The molecule has 25 heavy (non-hydrogen) atoms. The molecule has 0 spiro atoms. The van der Waals surface area contributed by atoms with Gasteiger partial charge in [0.1, 0.15) is 0 Å². The Morgan fingerprint density at radius 3 is 2.40 bits per heavy atom. The third-order valence-electron chi connectivity index (χ3n) is 4.70. The number of carbonyl (C=O) groups is 1. The second-order valence-electron chi connectivity index (χ2n) is 6.45. The van der Waals surface area contributed by atoms with Crippen LogP contribution in [0.25, 0.3) is 0 Å². The molecule has 4 nitrogen and oxygen atoms in total. The minimum absolute atomic E-state index is 0.0490. The molecule has 2 aromatic rings. The molecule has 0 fully saturated rings. The molecule has 0 saturated carbocycles. The Hall–Kier alpha value is -2.01. The van der Waals surface area contributed by atoms with Crippen molar-refractivity contribution in [3.8, 4) is 11.5 Å². The summed E-state index contributed by atoms with van der Waals surface area (Å²) < 4.78 is 10.6. The fourth-order valence-electron chi connectivity index (χ4n) is 3.26. The van der Waals surface area contributed by atoms with Gasteiger partial charge < -0.3 is 14.8 Å². The summed E-state index contributed by atoms with van der Waals surface area (Å²) in [7, 11) is 3.20. The van der Waals surface area contributed by atoms with Gasteiger partial charge in [0.05, 0.1) is 19.1 Å². The number of ether oxygens (including phenoxy) is 2. The number of fused-ring (bicyclic) bond motifs is 1. The Morgan fingerprint density at radius 1 is 1.00 bits per heavy atom. The smallest absolute Gasteiger partial charge is 0.265 e. The minimum atomic E-state index is -0.0490. The number of rotatable bonds is 4. The van der Waals surface area contributed by atoms with E-state index in [1.54, 1.807) is 25.6 Å². The van der Waals surface area contributed by atoms with Gasteiger partial charge >= 0.3 is 0 Å². The third kappa shape index (κ3) is 3.98. The molecule has 1 aromatic heterocycles. The van der Waals surface area contributed by atoms with Crippen molar-refractivity contribution in [1.29, 1.82) is 0 Å². The summed E-state index contributed by atoms with van der Waals surface area (Å²) in [5.41, 5.74) is 3.06. The molecule has 5 heteroatoms. The summed E-state index contributed by atoms with van der Waals surface area (Å²) in [4.78, 5) is 14.9. The lowest BCUT2D eigenvalue weighted by Crippen LogP contribution is -2.11. The Balaban J connectivity index is 1.82. The van der Waals surface area contributed by atoms with Gasteiger partial charge in [-0.1, -0.05) is 12.8 Å². The number of benzene rings is 1. The lowest BCUT2D eigenvalue weighted by Gasteiger charge is -2.13. The van der Waals surface area contributed by atoms with E-state index in [4.69, 9.17) is 9.47 Å². The molecule has 0 atom stereocenters. The number of nitrogens with one attached hydrogen (secondary N) is 1. The highest BCUT2D eigenvalue weighted by Gasteiger charge is 2.17. The molecule has 1 heterocycles. The van der Waals surface area contributed by atoms with E-state index in [1.165, 1.54) is 36.1 Å². The zero-order chi connectivity index (χ0) is 17.8. The average molecular weight is 359 g/mol. The van der Waals surface area contributed by atoms with Gasteiger partial charge in [0, 0.05) is 16.6 Å². The molecule has 3 rings (SSSR count). The first-order valence-electron chi connectivity index (χ1n) is 8.78. The maximum atomic E-state index is 12.7. The average Bonchev–Trinajstić information content (AvgIpc) is 2.98. The van der Waals surface area contributed by atoms with E-state index in [0.717, 1.165) is 29.0 Å². The first-order valence-corrected chi connectivity index (χ1v) is 9.59. The van der Waals surface area contributed by atoms with Crippen molar-refractivity contribution in [1.82, 2.24) is 0 Å². The minimum Gasteiger partial charge on any atom is -0.493 e. The first kappa shape index (κ1) is 17.8. The van der Waals surface area contributed by atoms with Crippen LogP contribution in [0.2, 0.25) is 0 Å². The van der Waals surface area contributed by atoms with E-state index < -0.39 is 0 Å². The van der Waals surface area contributed by atoms with Crippen LogP contribution in [0.15, 0.2) is 18.2 Å². The fourth-order valence-corrected chi connectivity index (χ4v) is 4.40. The van der Waals surface area contributed by atoms with Crippen LogP contribution in [0.3, 0.4) is 0 Å². The summed E-state index contributed by atoms with van der Waals surface area (Å²) >= 11 is 1.64. The van der Waals surface area contributed by atoms with Gasteiger partial charge in [-0.15, -0.1) is 11.3 Å². The van der Waals surface area contributed by atoms with Gasteiger partial charge in [0.2, 0.25) is 0 Å². The molecule has 1 aliphatic carbocycles. The number of hydrogen-bond acceptors (Lipinski definition) is 4. The normalized spacial score (nSPS) is 14.2. The number of thiophene rings is 1. The highest BCUT2D eigenvalue weighted by molar-refractivity contribution is 7.14. The highest BCUT2D eigenvalue weighted by atomic mass is 32.1. The molecular weight excluding hydrogens is 334 g/mol. The van der Waals surface area contributed by atoms with E-state index in [9.17, 15) is 4.79 Å². The molecule has 0 radical (unpaired) electrons. The largest absolute Gasteiger partial charge is 0.493 e. The predicted octanol–water partition coefficient (Wildman–Crippen LogP) is 4.99. The Bertz CT molecular complexity index is 741. The van der Waals surface area contributed by atoms with Gasteiger partial charge in [-0.25, -0.2) is 0 Å². The quantitative estimate of drug-likeness (QED) is 0.837. The predicted molar refractivity (Wildman–Crippen MR) is 102 cm³/mol. The molecule has 0 unspecified atom stereocenters. The van der Waals surface area contributed by atoms with Crippen LogP contribution in [-0.2, 0) is 12.8 Å². The van der Waals surface area contributed by atoms with Crippen LogP contribution < -0.4 is 14.8 Å². The maximum absolute atomic E-state index is 12.7. The molecule has 134 valence electrons. The molecule has 1 aliphatic rings. The molecule has 1 amide bonds. The first-order chi connectivity index (χ1) is 12.1. The molecule has 0 saturated heterocycles. The Morgan fingerprint density at radius 2 is 1.68 bits per heavy atom. The van der Waals surface area contributed by atoms with E-state index in [0.29, 0.717) is 11.5 Å². The zero-order valence-electron chi connectivity index (χ0n) is 15.1. The van der Waals surface area contributed by atoms with Crippen molar-refractivity contribution < 1.29 is 14.3 Å². The van der Waals surface area contributed by atoms with Gasteiger partial charge in [-0.3, -0.25) is 4.79 Å². The van der Waals surface area contributed by atoms with Crippen molar-refractivity contribution in [2.75, 3.05) is 19.5 Å². The summed E-state index contributed by atoms with van der Waals surface area (Å²) in [6.07, 6.45) is 7.23. The summed E-state index contributed by atoms with van der Waals surface area (Å²) in [6, 6.07) is 5.77. The van der Waals surface area contributed by atoms with E-state index in [2.05, 4.69) is 11.4 Å². The second-order valence-corrected chi connectivity index (χ2v) is 7.59. The van der Waals surface area contributed by atoms with Crippen LogP contribution in [0, 0.1) is 6.92 Å². The van der Waals surface area contributed by atoms with Gasteiger partial charge in [0.25, 0.3) is 5.91 Å². The summed E-state index contributed by atoms with van der Waals surface area (Å²) in [6.45, 7) is 1.95. The standard InChI is InChI=1S/C20H25NO3S/c1-13-10-16(23-2)17(24-3)12-15(13)21-20(22)19-11-14-8-6-4-5-7-9-18(14)25-19/h10-12H,4-9H2,1-3H3,(H,21,22). The Labute approximate surface area is 153 Å². The van der Waals surface area contributed by atoms with Crippen molar-refractivity contribution in [2.24, 2.45) is 0 Å². The van der Waals surface area contributed by atoms with Crippen LogP contribution >= 0.6 is 11.3 Å². The van der Waals surface area contributed by atoms with Crippen LogP contribution in [0.1, 0.15) is 51.4 Å². The number of methoxy groups -OCH3 is 2. The lowest BCUT2D eigenvalue weighted by molar-refractivity contribution is 0.103. The summed E-state index contributed by atoms with van der Waals surface area (Å²) in [5, 5.41) is 3.03. The molecular formula is C20H25NO3S. The van der Waals surface area contributed by atoms with Gasteiger partial charge in [0.15, 0.2) is 11.5 Å². The number of amides is 1. The molecule has 1 aromatic carbocycles. The number of carbonyl (C=O) groups excluding carboxylic acids is 1. The molecule has 0 aliphatic heterocycles. The summed E-state index contributed by atoms with van der Waals surface area (Å²) in [5.74, 6) is 1.23. The topological polar surface area (TPSA) is 47.6 Å². The van der Waals surface area contributed by atoms with Crippen LogP contribution in [0.4, 0.5) is 5.69 Å². The van der Waals surface area contributed by atoms with Crippen molar-refractivity contribution >= 4 is 22.9 Å². The van der Waals surface area contributed by atoms with E-state index >= 15 is 0 Å². The maximum Gasteiger partial charge on any atom is 0.265 e. The SMILES string of the molecule is COc1cc(C)c(NC(=O)c2cc3c(s2)CCCCCC3)cc1OC.